The van der Waals surface area contributed by atoms with Crippen LogP contribution in [-0.4, -0.2) is 26.8 Å². The SMILES string of the molecule is CCCCCCC(=O)N/N=C\c1c(O)n(CCc2ccccc2)c(=O)[nH]c1=O. The number of aromatic amines is 1. The van der Waals surface area contributed by atoms with Crippen molar-refractivity contribution in [2.24, 2.45) is 5.10 Å². The maximum Gasteiger partial charge on any atom is 0.331 e. The summed E-state index contributed by atoms with van der Waals surface area (Å²) in [5.41, 5.74) is 1.68. The van der Waals surface area contributed by atoms with Crippen molar-refractivity contribution in [3.8, 4) is 5.88 Å². The Labute approximate surface area is 162 Å². The molecule has 0 aliphatic heterocycles. The second-order valence-electron chi connectivity index (χ2n) is 6.49. The molecule has 0 unspecified atom stereocenters. The van der Waals surface area contributed by atoms with Crippen molar-refractivity contribution in [1.29, 1.82) is 0 Å². The van der Waals surface area contributed by atoms with E-state index in [0.717, 1.165) is 42.0 Å². The summed E-state index contributed by atoms with van der Waals surface area (Å²) in [7, 11) is 0. The molecule has 1 amide bonds. The number of hydrogen-bond donors (Lipinski definition) is 3. The molecule has 0 saturated heterocycles. The highest BCUT2D eigenvalue weighted by Gasteiger charge is 2.12. The molecule has 0 atom stereocenters. The normalized spacial score (nSPS) is 11.0. The summed E-state index contributed by atoms with van der Waals surface area (Å²) >= 11 is 0. The third-order valence-corrected chi connectivity index (χ3v) is 4.31. The monoisotopic (exact) mass is 386 g/mol. The van der Waals surface area contributed by atoms with E-state index in [1.807, 2.05) is 30.3 Å². The van der Waals surface area contributed by atoms with Gasteiger partial charge in [-0.15, -0.1) is 0 Å². The number of carbonyl (C=O) groups is 1. The molecule has 1 heterocycles. The van der Waals surface area contributed by atoms with Crippen molar-refractivity contribution < 1.29 is 9.90 Å². The number of aromatic hydroxyl groups is 1. The zero-order valence-corrected chi connectivity index (χ0v) is 16.0. The van der Waals surface area contributed by atoms with Crippen LogP contribution in [0, 0.1) is 0 Å². The first-order valence-electron chi connectivity index (χ1n) is 9.44. The minimum Gasteiger partial charge on any atom is -0.494 e. The van der Waals surface area contributed by atoms with E-state index >= 15 is 0 Å². The van der Waals surface area contributed by atoms with Gasteiger partial charge in [0.15, 0.2) is 0 Å². The van der Waals surface area contributed by atoms with Crippen molar-refractivity contribution in [3.63, 3.8) is 0 Å². The van der Waals surface area contributed by atoms with Crippen molar-refractivity contribution in [2.75, 3.05) is 0 Å². The average Bonchev–Trinajstić information content (AvgIpc) is 2.68. The Kier molecular flexibility index (Phi) is 8.20. The molecule has 0 fully saturated rings. The van der Waals surface area contributed by atoms with Crippen LogP contribution in [0.5, 0.6) is 5.88 Å². The molecule has 1 aromatic heterocycles. The molecule has 8 heteroatoms. The Hall–Kier alpha value is -3.16. The number of aromatic nitrogens is 2. The van der Waals surface area contributed by atoms with Crippen LogP contribution in [0.2, 0.25) is 0 Å². The topological polar surface area (TPSA) is 117 Å². The standard InChI is InChI=1S/C20H26N4O4/c1-2-3-4-8-11-17(25)23-21-14-16-18(26)22-20(28)24(19(16)27)13-12-15-9-6-5-7-10-15/h5-7,9-10,14,27H,2-4,8,11-13H2,1H3,(H,23,25)(H,22,26,28)/b21-14-. The maximum absolute atomic E-state index is 12.0. The number of carbonyl (C=O) groups excluding carboxylic acids is 1. The molecule has 0 aliphatic rings. The number of benzene rings is 1. The van der Waals surface area contributed by atoms with Crippen LogP contribution in [0.25, 0.3) is 0 Å². The summed E-state index contributed by atoms with van der Waals surface area (Å²) in [6.45, 7) is 2.28. The molecule has 150 valence electrons. The third-order valence-electron chi connectivity index (χ3n) is 4.31. The van der Waals surface area contributed by atoms with Crippen LogP contribution in [0.1, 0.15) is 50.2 Å². The predicted molar refractivity (Wildman–Crippen MR) is 108 cm³/mol. The van der Waals surface area contributed by atoms with Gasteiger partial charge in [-0.25, -0.2) is 10.2 Å². The number of amides is 1. The summed E-state index contributed by atoms with van der Waals surface area (Å²) in [5, 5.41) is 14.1. The van der Waals surface area contributed by atoms with E-state index < -0.39 is 17.1 Å². The van der Waals surface area contributed by atoms with E-state index in [1.165, 1.54) is 0 Å². The highest BCUT2D eigenvalue weighted by atomic mass is 16.3. The minimum atomic E-state index is -0.764. The molecule has 2 rings (SSSR count). The van der Waals surface area contributed by atoms with E-state index in [-0.39, 0.29) is 18.0 Å². The number of nitrogens with zero attached hydrogens (tertiary/aromatic N) is 2. The fraction of sp³-hybridized carbons (Fsp3) is 0.400. The van der Waals surface area contributed by atoms with Crippen LogP contribution in [0.15, 0.2) is 45.0 Å². The Morgan fingerprint density at radius 1 is 1.21 bits per heavy atom. The zero-order chi connectivity index (χ0) is 20.4. The molecule has 0 radical (unpaired) electrons. The van der Waals surface area contributed by atoms with Crippen molar-refractivity contribution in [3.05, 3.63) is 62.3 Å². The van der Waals surface area contributed by atoms with Crippen molar-refractivity contribution >= 4 is 12.1 Å². The second kappa shape index (κ2) is 10.9. The summed E-state index contributed by atoms with van der Waals surface area (Å²) in [6.07, 6.45) is 5.80. The first-order chi connectivity index (χ1) is 13.5. The van der Waals surface area contributed by atoms with Gasteiger partial charge in [-0.1, -0.05) is 56.5 Å². The van der Waals surface area contributed by atoms with E-state index in [1.54, 1.807) is 0 Å². The Balaban J connectivity index is 2.05. The molecule has 8 nitrogen and oxygen atoms in total. The Morgan fingerprint density at radius 2 is 1.96 bits per heavy atom. The van der Waals surface area contributed by atoms with Gasteiger partial charge in [0.1, 0.15) is 5.56 Å². The lowest BCUT2D eigenvalue weighted by molar-refractivity contribution is -0.121. The van der Waals surface area contributed by atoms with E-state index in [4.69, 9.17) is 0 Å². The van der Waals surface area contributed by atoms with E-state index in [0.29, 0.717) is 12.8 Å². The third kappa shape index (κ3) is 6.22. The van der Waals surface area contributed by atoms with Gasteiger partial charge < -0.3 is 5.11 Å². The van der Waals surface area contributed by atoms with Gasteiger partial charge in [0, 0.05) is 13.0 Å². The number of rotatable bonds is 10. The van der Waals surface area contributed by atoms with Crippen LogP contribution in [-0.2, 0) is 17.8 Å². The number of hydrogen-bond acceptors (Lipinski definition) is 5. The summed E-state index contributed by atoms with van der Waals surface area (Å²) in [4.78, 5) is 37.9. The highest BCUT2D eigenvalue weighted by Crippen LogP contribution is 2.09. The molecular weight excluding hydrogens is 360 g/mol. The van der Waals surface area contributed by atoms with Crippen LogP contribution in [0.4, 0.5) is 0 Å². The molecule has 0 aliphatic carbocycles. The molecule has 0 saturated carbocycles. The van der Waals surface area contributed by atoms with Crippen molar-refractivity contribution in [2.45, 2.75) is 52.0 Å². The summed E-state index contributed by atoms with van der Waals surface area (Å²) in [5.74, 6) is -0.744. The molecule has 28 heavy (non-hydrogen) atoms. The summed E-state index contributed by atoms with van der Waals surface area (Å²) < 4.78 is 1.07. The van der Waals surface area contributed by atoms with E-state index in [9.17, 15) is 19.5 Å². The van der Waals surface area contributed by atoms with E-state index in [2.05, 4.69) is 22.4 Å². The number of nitrogens with one attached hydrogen (secondary N) is 2. The maximum atomic E-state index is 12.0. The summed E-state index contributed by atoms with van der Waals surface area (Å²) in [6, 6.07) is 9.47. The van der Waals surface area contributed by atoms with Crippen LogP contribution in [0.3, 0.4) is 0 Å². The Bertz CT molecular complexity index is 916. The second-order valence-corrected chi connectivity index (χ2v) is 6.49. The minimum absolute atomic E-state index is 0.182. The van der Waals surface area contributed by atoms with Crippen molar-refractivity contribution in [1.82, 2.24) is 15.0 Å². The fourth-order valence-corrected chi connectivity index (χ4v) is 2.72. The number of hydrazone groups is 1. The largest absolute Gasteiger partial charge is 0.494 e. The molecule has 1 aromatic carbocycles. The highest BCUT2D eigenvalue weighted by molar-refractivity contribution is 5.83. The van der Waals surface area contributed by atoms with Gasteiger partial charge in [-0.3, -0.25) is 19.1 Å². The van der Waals surface area contributed by atoms with Gasteiger partial charge in [-0.2, -0.15) is 5.10 Å². The number of aryl methyl sites for hydroxylation is 1. The molecule has 2 aromatic rings. The number of unbranched alkanes of at least 4 members (excludes halogenated alkanes) is 3. The lowest BCUT2D eigenvalue weighted by atomic mass is 10.1. The van der Waals surface area contributed by atoms with Gasteiger partial charge in [0.2, 0.25) is 11.8 Å². The fourth-order valence-electron chi connectivity index (χ4n) is 2.72. The first kappa shape index (κ1) is 21.1. The quantitative estimate of drug-likeness (QED) is 0.328. The zero-order valence-electron chi connectivity index (χ0n) is 16.0. The molecule has 3 N–H and O–H groups in total. The lowest BCUT2D eigenvalue weighted by Crippen LogP contribution is -2.33. The first-order valence-corrected chi connectivity index (χ1v) is 9.44. The molecular formula is C20H26N4O4. The van der Waals surface area contributed by atoms with Gasteiger partial charge in [-0.05, 0) is 18.4 Å². The van der Waals surface area contributed by atoms with Crippen LogP contribution < -0.4 is 16.7 Å². The average molecular weight is 386 g/mol. The molecule has 0 bridgehead atoms. The van der Waals surface area contributed by atoms with Gasteiger partial charge >= 0.3 is 5.69 Å². The Morgan fingerprint density at radius 3 is 2.68 bits per heavy atom. The predicted octanol–water partition coefficient (Wildman–Crippen LogP) is 1.91. The number of H-pyrrole nitrogens is 1. The van der Waals surface area contributed by atoms with Gasteiger partial charge in [0.05, 0.1) is 6.21 Å². The smallest absolute Gasteiger partial charge is 0.331 e. The van der Waals surface area contributed by atoms with Gasteiger partial charge in [0.25, 0.3) is 5.56 Å². The lowest BCUT2D eigenvalue weighted by Gasteiger charge is -2.09. The van der Waals surface area contributed by atoms with Crippen LogP contribution >= 0.6 is 0 Å². The molecule has 0 spiro atoms.